The smallest absolute Gasteiger partial charge is 0.186 e. The van der Waals surface area contributed by atoms with Crippen LogP contribution in [0, 0.1) is 0 Å². The average Bonchev–Trinajstić information content (AvgIpc) is 2.03. The van der Waals surface area contributed by atoms with E-state index >= 15 is 0 Å². The van der Waals surface area contributed by atoms with Crippen molar-refractivity contribution in [2.45, 2.75) is 13.0 Å². The van der Waals surface area contributed by atoms with Crippen molar-refractivity contribution in [1.82, 2.24) is 0 Å². The first-order chi connectivity index (χ1) is 6.09. The molecule has 0 bridgehead atoms. The monoisotopic (exact) mass is 241 g/mol. The SMILES string of the molecule is C[C@H](N=C(N)N)c1cccc(Br)c1. The highest BCUT2D eigenvalue weighted by Gasteiger charge is 2.02. The lowest BCUT2D eigenvalue weighted by Gasteiger charge is -2.06. The van der Waals surface area contributed by atoms with Crippen molar-refractivity contribution in [3.63, 3.8) is 0 Å². The topological polar surface area (TPSA) is 64.4 Å². The Kier molecular flexibility index (Phi) is 3.31. The average molecular weight is 242 g/mol. The van der Waals surface area contributed by atoms with Crippen LogP contribution in [-0.4, -0.2) is 5.96 Å². The van der Waals surface area contributed by atoms with Crippen LogP contribution in [0.15, 0.2) is 33.7 Å². The maximum Gasteiger partial charge on any atom is 0.186 e. The fourth-order valence-electron chi connectivity index (χ4n) is 1.06. The van der Waals surface area contributed by atoms with Gasteiger partial charge in [0.15, 0.2) is 5.96 Å². The molecule has 0 saturated carbocycles. The van der Waals surface area contributed by atoms with Crippen molar-refractivity contribution < 1.29 is 0 Å². The molecule has 1 aromatic carbocycles. The zero-order chi connectivity index (χ0) is 9.84. The van der Waals surface area contributed by atoms with Crippen molar-refractivity contribution >= 4 is 21.9 Å². The summed E-state index contributed by atoms with van der Waals surface area (Å²) < 4.78 is 1.03. The summed E-state index contributed by atoms with van der Waals surface area (Å²) in [5.74, 6) is 0.118. The minimum Gasteiger partial charge on any atom is -0.370 e. The molecule has 70 valence electrons. The third-order valence-corrected chi connectivity index (χ3v) is 2.17. The highest BCUT2D eigenvalue weighted by Crippen LogP contribution is 2.20. The van der Waals surface area contributed by atoms with Crippen LogP contribution in [0.4, 0.5) is 0 Å². The largest absolute Gasteiger partial charge is 0.370 e. The predicted octanol–water partition coefficient (Wildman–Crippen LogP) is 1.78. The van der Waals surface area contributed by atoms with Crippen LogP contribution in [0.2, 0.25) is 0 Å². The third kappa shape index (κ3) is 3.06. The molecule has 0 unspecified atom stereocenters. The molecule has 4 N–H and O–H groups in total. The summed E-state index contributed by atoms with van der Waals surface area (Å²) in [7, 11) is 0. The lowest BCUT2D eigenvalue weighted by molar-refractivity contribution is 0.815. The lowest BCUT2D eigenvalue weighted by Crippen LogP contribution is -2.23. The van der Waals surface area contributed by atoms with Gasteiger partial charge in [0.05, 0.1) is 6.04 Å². The van der Waals surface area contributed by atoms with Crippen molar-refractivity contribution in [3.8, 4) is 0 Å². The molecule has 4 heteroatoms. The molecule has 0 aromatic heterocycles. The van der Waals surface area contributed by atoms with Crippen molar-refractivity contribution in [3.05, 3.63) is 34.3 Å². The molecule has 0 amide bonds. The van der Waals surface area contributed by atoms with Gasteiger partial charge < -0.3 is 11.5 Å². The first-order valence-corrected chi connectivity index (χ1v) is 4.73. The Balaban J connectivity index is 2.89. The minimum absolute atomic E-state index is 0.00231. The number of halogens is 1. The lowest BCUT2D eigenvalue weighted by atomic mass is 10.1. The van der Waals surface area contributed by atoms with Crippen LogP contribution < -0.4 is 11.5 Å². The molecule has 0 aliphatic rings. The van der Waals surface area contributed by atoms with Gasteiger partial charge in [-0.05, 0) is 24.6 Å². The molecule has 1 rings (SSSR count). The van der Waals surface area contributed by atoms with Gasteiger partial charge in [0.1, 0.15) is 0 Å². The Labute approximate surface area is 86.0 Å². The molecule has 1 aromatic rings. The van der Waals surface area contributed by atoms with Gasteiger partial charge in [-0.1, -0.05) is 28.1 Å². The zero-order valence-corrected chi connectivity index (χ0v) is 8.95. The molecule has 0 fully saturated rings. The number of nitrogens with zero attached hydrogens (tertiary/aromatic N) is 1. The first-order valence-electron chi connectivity index (χ1n) is 3.94. The number of guanidine groups is 1. The standard InChI is InChI=1S/C9H12BrN3/c1-6(13-9(11)12)7-3-2-4-8(10)5-7/h2-6H,1H3,(H4,11,12,13)/t6-/m0/s1. The molecule has 0 aliphatic carbocycles. The summed E-state index contributed by atoms with van der Waals surface area (Å²) in [4.78, 5) is 4.04. The Bertz CT molecular complexity index is 318. The van der Waals surface area contributed by atoms with Crippen LogP contribution in [-0.2, 0) is 0 Å². The molecule has 0 saturated heterocycles. The summed E-state index contributed by atoms with van der Waals surface area (Å²) in [5, 5.41) is 0. The van der Waals surface area contributed by atoms with Crippen molar-refractivity contribution in [2.24, 2.45) is 16.5 Å². The van der Waals surface area contributed by atoms with Gasteiger partial charge in [-0.25, -0.2) is 4.99 Å². The van der Waals surface area contributed by atoms with E-state index in [9.17, 15) is 0 Å². The van der Waals surface area contributed by atoms with E-state index in [-0.39, 0.29) is 12.0 Å². The van der Waals surface area contributed by atoms with Gasteiger partial charge >= 0.3 is 0 Å². The van der Waals surface area contributed by atoms with Gasteiger partial charge in [-0.3, -0.25) is 0 Å². The van der Waals surface area contributed by atoms with E-state index in [2.05, 4.69) is 20.9 Å². The molecule has 1 atom stereocenters. The quantitative estimate of drug-likeness (QED) is 0.613. The van der Waals surface area contributed by atoms with Gasteiger partial charge in [-0.15, -0.1) is 0 Å². The number of aliphatic imine (C=N–C) groups is 1. The van der Waals surface area contributed by atoms with Crippen LogP contribution in [0.5, 0.6) is 0 Å². The van der Waals surface area contributed by atoms with Gasteiger partial charge in [0.2, 0.25) is 0 Å². The number of hydrogen-bond acceptors (Lipinski definition) is 1. The number of rotatable bonds is 2. The van der Waals surface area contributed by atoms with Crippen LogP contribution in [0.3, 0.4) is 0 Å². The molecule has 0 aliphatic heterocycles. The molecular weight excluding hydrogens is 230 g/mol. The van der Waals surface area contributed by atoms with Crippen LogP contribution in [0.25, 0.3) is 0 Å². The van der Waals surface area contributed by atoms with E-state index in [4.69, 9.17) is 11.5 Å². The second-order valence-corrected chi connectivity index (χ2v) is 3.70. The molecule has 3 nitrogen and oxygen atoms in total. The molecule has 0 heterocycles. The normalized spacial score (nSPS) is 12.2. The minimum atomic E-state index is 0.00231. The summed E-state index contributed by atoms with van der Waals surface area (Å²) in [6, 6.07) is 7.91. The van der Waals surface area contributed by atoms with E-state index in [0.717, 1.165) is 10.0 Å². The van der Waals surface area contributed by atoms with Gasteiger partial charge in [0.25, 0.3) is 0 Å². The van der Waals surface area contributed by atoms with Crippen molar-refractivity contribution in [2.75, 3.05) is 0 Å². The molecule has 0 radical (unpaired) electrons. The molecule has 13 heavy (non-hydrogen) atoms. The van der Waals surface area contributed by atoms with E-state index < -0.39 is 0 Å². The van der Waals surface area contributed by atoms with Crippen LogP contribution in [0.1, 0.15) is 18.5 Å². The Morgan fingerprint density at radius 3 is 2.69 bits per heavy atom. The fraction of sp³-hybridized carbons (Fsp3) is 0.222. The van der Waals surface area contributed by atoms with Gasteiger partial charge in [-0.2, -0.15) is 0 Å². The van der Waals surface area contributed by atoms with Gasteiger partial charge in [0, 0.05) is 4.47 Å². The number of nitrogens with two attached hydrogens (primary N) is 2. The third-order valence-electron chi connectivity index (χ3n) is 1.67. The summed E-state index contributed by atoms with van der Waals surface area (Å²) in [6.45, 7) is 1.95. The Morgan fingerprint density at radius 1 is 1.46 bits per heavy atom. The van der Waals surface area contributed by atoms with Crippen molar-refractivity contribution in [1.29, 1.82) is 0 Å². The van der Waals surface area contributed by atoms with E-state index in [1.54, 1.807) is 0 Å². The second-order valence-electron chi connectivity index (χ2n) is 2.78. The number of hydrogen-bond donors (Lipinski definition) is 2. The first kappa shape index (κ1) is 10.1. The highest BCUT2D eigenvalue weighted by molar-refractivity contribution is 9.10. The highest BCUT2D eigenvalue weighted by atomic mass is 79.9. The Morgan fingerprint density at radius 2 is 2.15 bits per heavy atom. The summed E-state index contributed by atoms with van der Waals surface area (Å²) in [6.07, 6.45) is 0. The Hall–Kier alpha value is -1.03. The summed E-state index contributed by atoms with van der Waals surface area (Å²) >= 11 is 3.39. The predicted molar refractivity (Wildman–Crippen MR) is 58.4 cm³/mol. The molecule has 0 spiro atoms. The van der Waals surface area contributed by atoms with E-state index in [1.807, 2.05) is 31.2 Å². The summed E-state index contributed by atoms with van der Waals surface area (Å²) in [5.41, 5.74) is 11.7. The maximum absolute atomic E-state index is 5.28. The zero-order valence-electron chi connectivity index (χ0n) is 7.37. The maximum atomic E-state index is 5.28. The second kappa shape index (κ2) is 4.28. The number of benzene rings is 1. The van der Waals surface area contributed by atoms with E-state index in [1.165, 1.54) is 0 Å². The van der Waals surface area contributed by atoms with Crippen LogP contribution >= 0.6 is 15.9 Å². The fourth-order valence-corrected chi connectivity index (χ4v) is 1.48. The van der Waals surface area contributed by atoms with E-state index in [0.29, 0.717) is 0 Å². The molecular formula is C9H12BrN3.